The summed E-state index contributed by atoms with van der Waals surface area (Å²) in [6.07, 6.45) is 0.306. The number of halogens is 2. The minimum Gasteiger partial charge on any atom is -0.482 e. The van der Waals surface area contributed by atoms with Gasteiger partial charge in [0.15, 0.2) is 6.61 Å². The van der Waals surface area contributed by atoms with E-state index in [2.05, 4.69) is 21.2 Å². The third-order valence-corrected chi connectivity index (χ3v) is 3.08. The van der Waals surface area contributed by atoms with Gasteiger partial charge in [-0.15, -0.1) is 0 Å². The summed E-state index contributed by atoms with van der Waals surface area (Å²) < 4.78 is 6.02. The number of hydrogen-bond donors (Lipinski definition) is 2. The minimum absolute atomic E-state index is 0.287. The monoisotopic (exact) mass is 349 g/mol. The Hall–Kier alpha value is -1.27. The number of amides is 1. The van der Waals surface area contributed by atoms with Gasteiger partial charge >= 0.3 is 5.97 Å². The maximum atomic E-state index is 11.5. The molecule has 0 aliphatic carbocycles. The molecule has 7 heteroatoms. The molecule has 0 aliphatic rings. The van der Waals surface area contributed by atoms with E-state index in [-0.39, 0.29) is 6.61 Å². The number of carbonyl (C=O) groups is 2. The standard InChI is InChI=1S/C12H13BrClNO4/c1-2-9(12(17)18)15-11(16)6-19-10-4-3-7(13)5-8(10)14/h3-5,9H,2,6H2,1H3,(H,15,16)(H,17,18)/t9-/m0/s1. The van der Waals surface area contributed by atoms with Crippen LogP contribution in [0, 0.1) is 0 Å². The smallest absolute Gasteiger partial charge is 0.326 e. The molecule has 0 aliphatic heterocycles. The Morgan fingerprint density at radius 3 is 2.74 bits per heavy atom. The molecular formula is C12H13BrClNO4. The molecular weight excluding hydrogens is 337 g/mol. The lowest BCUT2D eigenvalue weighted by Gasteiger charge is -2.13. The summed E-state index contributed by atoms with van der Waals surface area (Å²) in [6.45, 7) is 1.39. The fraction of sp³-hybridized carbons (Fsp3) is 0.333. The van der Waals surface area contributed by atoms with Crippen molar-refractivity contribution >= 4 is 39.4 Å². The first-order valence-corrected chi connectivity index (χ1v) is 6.71. The SMILES string of the molecule is CC[C@H](NC(=O)COc1ccc(Br)cc1Cl)C(=O)O. The second-order valence-electron chi connectivity index (χ2n) is 3.73. The Kier molecular flexibility index (Phi) is 6.11. The summed E-state index contributed by atoms with van der Waals surface area (Å²) in [4.78, 5) is 22.3. The van der Waals surface area contributed by atoms with E-state index in [9.17, 15) is 9.59 Å². The Labute approximate surface area is 124 Å². The maximum Gasteiger partial charge on any atom is 0.326 e. The normalized spacial score (nSPS) is 11.7. The molecule has 1 atom stereocenters. The molecule has 104 valence electrons. The molecule has 1 aromatic rings. The van der Waals surface area contributed by atoms with E-state index in [0.29, 0.717) is 17.2 Å². The van der Waals surface area contributed by atoms with Gasteiger partial charge in [-0.2, -0.15) is 0 Å². The Morgan fingerprint density at radius 1 is 1.53 bits per heavy atom. The molecule has 1 amide bonds. The number of nitrogens with one attached hydrogen (secondary N) is 1. The van der Waals surface area contributed by atoms with Gasteiger partial charge in [0.2, 0.25) is 0 Å². The summed E-state index contributed by atoms with van der Waals surface area (Å²) in [5.41, 5.74) is 0. The number of ether oxygens (including phenoxy) is 1. The molecule has 0 radical (unpaired) electrons. The van der Waals surface area contributed by atoms with Crippen molar-refractivity contribution < 1.29 is 19.4 Å². The predicted molar refractivity (Wildman–Crippen MR) is 74.5 cm³/mol. The first kappa shape index (κ1) is 15.8. The van der Waals surface area contributed by atoms with Gasteiger partial charge in [-0.1, -0.05) is 34.5 Å². The second kappa shape index (κ2) is 7.35. The van der Waals surface area contributed by atoms with Gasteiger partial charge in [-0.3, -0.25) is 4.79 Å². The van der Waals surface area contributed by atoms with Crippen molar-refractivity contribution in [3.05, 3.63) is 27.7 Å². The highest BCUT2D eigenvalue weighted by Crippen LogP contribution is 2.27. The van der Waals surface area contributed by atoms with Crippen LogP contribution < -0.4 is 10.1 Å². The lowest BCUT2D eigenvalue weighted by Crippen LogP contribution is -2.42. The van der Waals surface area contributed by atoms with E-state index in [1.54, 1.807) is 25.1 Å². The molecule has 5 nitrogen and oxygen atoms in total. The average molecular weight is 351 g/mol. The number of carbonyl (C=O) groups excluding carboxylic acids is 1. The van der Waals surface area contributed by atoms with Crippen LogP contribution in [-0.4, -0.2) is 29.6 Å². The molecule has 1 rings (SSSR count). The largest absolute Gasteiger partial charge is 0.482 e. The molecule has 0 saturated heterocycles. The minimum atomic E-state index is -1.07. The summed E-state index contributed by atoms with van der Waals surface area (Å²) in [7, 11) is 0. The van der Waals surface area contributed by atoms with Crippen molar-refractivity contribution in [2.24, 2.45) is 0 Å². The zero-order chi connectivity index (χ0) is 14.4. The zero-order valence-corrected chi connectivity index (χ0v) is 12.5. The first-order valence-electron chi connectivity index (χ1n) is 5.54. The zero-order valence-electron chi connectivity index (χ0n) is 10.2. The predicted octanol–water partition coefficient (Wildman–Crippen LogP) is 2.46. The number of benzene rings is 1. The van der Waals surface area contributed by atoms with Crippen LogP contribution in [0.3, 0.4) is 0 Å². The highest BCUT2D eigenvalue weighted by atomic mass is 79.9. The Morgan fingerprint density at radius 2 is 2.21 bits per heavy atom. The summed E-state index contributed by atoms with van der Waals surface area (Å²) in [5, 5.41) is 11.5. The molecule has 0 spiro atoms. The summed E-state index contributed by atoms with van der Waals surface area (Å²) >= 11 is 9.17. The van der Waals surface area contributed by atoms with Gasteiger partial charge in [0.05, 0.1) is 5.02 Å². The fourth-order valence-electron chi connectivity index (χ4n) is 1.31. The summed E-state index contributed by atoms with van der Waals surface area (Å²) in [6, 6.07) is 4.08. The second-order valence-corrected chi connectivity index (χ2v) is 5.05. The molecule has 0 bridgehead atoms. The van der Waals surface area contributed by atoms with Gasteiger partial charge < -0.3 is 15.2 Å². The Bertz CT molecular complexity index is 481. The van der Waals surface area contributed by atoms with E-state index < -0.39 is 17.9 Å². The van der Waals surface area contributed by atoms with Crippen LogP contribution in [0.25, 0.3) is 0 Å². The Balaban J connectivity index is 2.52. The summed E-state index contributed by atoms with van der Waals surface area (Å²) in [5.74, 6) is -1.21. The van der Waals surface area contributed by atoms with Crippen LogP contribution in [0.2, 0.25) is 5.02 Å². The first-order chi connectivity index (χ1) is 8.93. The van der Waals surface area contributed by atoms with Crippen molar-refractivity contribution in [1.29, 1.82) is 0 Å². The molecule has 0 fully saturated rings. The van der Waals surface area contributed by atoms with Crippen LogP contribution in [0.5, 0.6) is 5.75 Å². The van der Waals surface area contributed by atoms with Gasteiger partial charge in [0.25, 0.3) is 5.91 Å². The highest BCUT2D eigenvalue weighted by Gasteiger charge is 2.17. The molecule has 0 heterocycles. The van der Waals surface area contributed by atoms with E-state index in [1.807, 2.05) is 0 Å². The number of carboxylic acid groups (broad SMARTS) is 1. The van der Waals surface area contributed by atoms with Crippen LogP contribution in [0.15, 0.2) is 22.7 Å². The van der Waals surface area contributed by atoms with Crippen molar-refractivity contribution in [2.75, 3.05) is 6.61 Å². The van der Waals surface area contributed by atoms with Gasteiger partial charge in [0.1, 0.15) is 11.8 Å². The number of carboxylic acids is 1. The van der Waals surface area contributed by atoms with Gasteiger partial charge in [0, 0.05) is 4.47 Å². The molecule has 0 saturated carbocycles. The van der Waals surface area contributed by atoms with Crippen LogP contribution in [0.4, 0.5) is 0 Å². The number of rotatable bonds is 6. The molecule has 2 N–H and O–H groups in total. The van der Waals surface area contributed by atoms with E-state index >= 15 is 0 Å². The van der Waals surface area contributed by atoms with Crippen molar-refractivity contribution in [1.82, 2.24) is 5.32 Å². The van der Waals surface area contributed by atoms with E-state index in [1.165, 1.54) is 0 Å². The van der Waals surface area contributed by atoms with Crippen LogP contribution in [-0.2, 0) is 9.59 Å². The van der Waals surface area contributed by atoms with Crippen LogP contribution >= 0.6 is 27.5 Å². The van der Waals surface area contributed by atoms with Crippen molar-refractivity contribution in [3.8, 4) is 5.75 Å². The average Bonchev–Trinajstić information content (AvgIpc) is 2.34. The molecule has 0 aromatic heterocycles. The molecule has 1 aromatic carbocycles. The van der Waals surface area contributed by atoms with Gasteiger partial charge in [-0.05, 0) is 24.6 Å². The third kappa shape index (κ3) is 5.08. The molecule has 0 unspecified atom stereocenters. The van der Waals surface area contributed by atoms with Crippen LogP contribution in [0.1, 0.15) is 13.3 Å². The van der Waals surface area contributed by atoms with E-state index in [0.717, 1.165) is 4.47 Å². The van der Waals surface area contributed by atoms with Crippen molar-refractivity contribution in [2.45, 2.75) is 19.4 Å². The lowest BCUT2D eigenvalue weighted by molar-refractivity contribution is -0.142. The fourth-order valence-corrected chi connectivity index (χ4v) is 2.04. The maximum absolute atomic E-state index is 11.5. The topological polar surface area (TPSA) is 75.6 Å². The van der Waals surface area contributed by atoms with E-state index in [4.69, 9.17) is 21.4 Å². The lowest BCUT2D eigenvalue weighted by atomic mass is 10.2. The van der Waals surface area contributed by atoms with Gasteiger partial charge in [-0.25, -0.2) is 4.79 Å². The quantitative estimate of drug-likeness (QED) is 0.826. The highest BCUT2D eigenvalue weighted by molar-refractivity contribution is 9.10. The van der Waals surface area contributed by atoms with Crippen molar-refractivity contribution in [3.63, 3.8) is 0 Å². The third-order valence-electron chi connectivity index (χ3n) is 2.29. The number of hydrogen-bond acceptors (Lipinski definition) is 3. The number of aliphatic carboxylic acids is 1. The molecule has 19 heavy (non-hydrogen) atoms.